The van der Waals surface area contributed by atoms with Gasteiger partial charge in [-0.05, 0) is 24.6 Å². The number of nitrogens with zero attached hydrogens (tertiary/aromatic N) is 1. The number of ether oxygens (including phenoxy) is 1. The van der Waals surface area contributed by atoms with E-state index in [1.54, 1.807) is 12.1 Å². The smallest absolute Gasteiger partial charge is 0.389 e. The molecule has 0 spiro atoms. The topological polar surface area (TPSA) is 67.8 Å². The van der Waals surface area contributed by atoms with Gasteiger partial charge in [-0.1, -0.05) is 21.1 Å². The minimum absolute atomic E-state index is 0.109. The molecule has 0 bridgehead atoms. The van der Waals surface area contributed by atoms with Gasteiger partial charge in [0, 0.05) is 10.9 Å². The fourth-order valence-electron chi connectivity index (χ4n) is 1.34. The number of hydrogen-bond donors (Lipinski definition) is 2. The number of amidine groups is 1. The Hall–Kier alpha value is -1.44. The van der Waals surface area contributed by atoms with Crippen molar-refractivity contribution in [1.82, 2.24) is 0 Å². The van der Waals surface area contributed by atoms with Crippen LogP contribution in [0.5, 0.6) is 5.75 Å². The number of halogens is 4. The third kappa shape index (κ3) is 5.37. The van der Waals surface area contributed by atoms with Crippen LogP contribution < -0.4 is 10.5 Å². The van der Waals surface area contributed by atoms with Gasteiger partial charge in [0.15, 0.2) is 5.84 Å². The number of oxime groups is 1. The molecule has 0 amide bonds. The second-order valence-corrected chi connectivity index (χ2v) is 4.61. The average molecular weight is 341 g/mol. The van der Waals surface area contributed by atoms with Crippen LogP contribution in [-0.4, -0.2) is 23.8 Å². The maximum atomic E-state index is 12.0. The van der Waals surface area contributed by atoms with Crippen LogP contribution in [0, 0.1) is 0 Å². The summed E-state index contributed by atoms with van der Waals surface area (Å²) in [5, 5.41) is 11.4. The zero-order chi connectivity index (χ0) is 14.5. The number of hydrogen-bond acceptors (Lipinski definition) is 3. The van der Waals surface area contributed by atoms with E-state index in [9.17, 15) is 13.2 Å². The van der Waals surface area contributed by atoms with Crippen LogP contribution in [0.3, 0.4) is 0 Å². The van der Waals surface area contributed by atoms with Crippen molar-refractivity contribution in [2.75, 3.05) is 6.61 Å². The minimum Gasteiger partial charge on any atom is -0.493 e. The number of nitrogens with two attached hydrogens (primary N) is 1. The Morgan fingerprint density at radius 3 is 2.68 bits per heavy atom. The molecule has 0 aliphatic heterocycles. The molecule has 106 valence electrons. The summed E-state index contributed by atoms with van der Waals surface area (Å²) in [7, 11) is 0. The van der Waals surface area contributed by atoms with Crippen molar-refractivity contribution in [2.24, 2.45) is 10.9 Å². The van der Waals surface area contributed by atoms with E-state index in [2.05, 4.69) is 21.1 Å². The van der Waals surface area contributed by atoms with Crippen molar-refractivity contribution in [3.63, 3.8) is 0 Å². The second kappa shape index (κ2) is 6.65. The lowest BCUT2D eigenvalue weighted by atomic mass is 10.2. The van der Waals surface area contributed by atoms with Gasteiger partial charge in [-0.25, -0.2) is 0 Å². The zero-order valence-corrected chi connectivity index (χ0v) is 11.3. The molecule has 19 heavy (non-hydrogen) atoms. The van der Waals surface area contributed by atoms with Crippen LogP contribution in [0.15, 0.2) is 27.8 Å². The maximum absolute atomic E-state index is 12.0. The molecule has 0 atom stereocenters. The van der Waals surface area contributed by atoms with E-state index < -0.39 is 12.6 Å². The summed E-state index contributed by atoms with van der Waals surface area (Å²) in [5.74, 6) is 0.0881. The SMILES string of the molecule is N/C(=N/O)c1ccc(Br)cc1OCCCC(F)(F)F. The lowest BCUT2D eigenvalue weighted by Crippen LogP contribution is -2.16. The Labute approximate surface area is 116 Å². The molecule has 4 nitrogen and oxygen atoms in total. The summed E-state index contributed by atoms with van der Waals surface area (Å²) in [5.41, 5.74) is 5.76. The van der Waals surface area contributed by atoms with Crippen molar-refractivity contribution < 1.29 is 23.1 Å². The highest BCUT2D eigenvalue weighted by Gasteiger charge is 2.26. The molecule has 0 aromatic heterocycles. The summed E-state index contributed by atoms with van der Waals surface area (Å²) >= 11 is 3.20. The van der Waals surface area contributed by atoms with Crippen LogP contribution in [-0.2, 0) is 0 Å². The molecule has 0 aliphatic carbocycles. The number of benzene rings is 1. The molecule has 0 unspecified atom stereocenters. The number of alkyl halides is 3. The van der Waals surface area contributed by atoms with Crippen molar-refractivity contribution >= 4 is 21.8 Å². The summed E-state index contributed by atoms with van der Waals surface area (Å²) in [6.45, 7) is -0.109. The molecule has 0 fully saturated rings. The Morgan fingerprint density at radius 2 is 2.11 bits per heavy atom. The summed E-state index contributed by atoms with van der Waals surface area (Å²) < 4.78 is 41.8. The van der Waals surface area contributed by atoms with Gasteiger partial charge in [0.2, 0.25) is 0 Å². The van der Waals surface area contributed by atoms with Crippen LogP contribution in [0.4, 0.5) is 13.2 Å². The van der Waals surface area contributed by atoms with E-state index in [0.29, 0.717) is 10.0 Å². The van der Waals surface area contributed by atoms with Crippen LogP contribution in [0.2, 0.25) is 0 Å². The predicted octanol–water partition coefficient (Wildman–Crippen LogP) is 3.26. The first-order valence-electron chi connectivity index (χ1n) is 5.30. The van der Waals surface area contributed by atoms with E-state index in [1.165, 1.54) is 6.07 Å². The molecule has 3 N–H and O–H groups in total. The van der Waals surface area contributed by atoms with Crippen molar-refractivity contribution in [3.8, 4) is 5.75 Å². The molecule has 0 saturated heterocycles. The van der Waals surface area contributed by atoms with Crippen molar-refractivity contribution in [3.05, 3.63) is 28.2 Å². The average Bonchev–Trinajstić information content (AvgIpc) is 2.33. The summed E-state index contributed by atoms with van der Waals surface area (Å²) in [6, 6.07) is 4.73. The van der Waals surface area contributed by atoms with Gasteiger partial charge in [-0.15, -0.1) is 0 Å². The Balaban J connectivity index is 2.69. The molecule has 1 aromatic carbocycles. The molecule has 8 heteroatoms. The van der Waals surface area contributed by atoms with Gasteiger partial charge in [0.25, 0.3) is 0 Å². The fourth-order valence-corrected chi connectivity index (χ4v) is 1.68. The molecule has 0 aliphatic rings. The first kappa shape index (κ1) is 15.6. The summed E-state index contributed by atoms with van der Waals surface area (Å²) in [4.78, 5) is 0. The molecular weight excluding hydrogens is 329 g/mol. The molecule has 0 radical (unpaired) electrons. The highest BCUT2D eigenvalue weighted by molar-refractivity contribution is 9.10. The second-order valence-electron chi connectivity index (χ2n) is 3.69. The molecule has 1 rings (SSSR count). The first-order chi connectivity index (χ1) is 8.83. The predicted molar refractivity (Wildman–Crippen MR) is 67.4 cm³/mol. The zero-order valence-electron chi connectivity index (χ0n) is 9.75. The molecule has 0 saturated carbocycles. The van der Waals surface area contributed by atoms with Crippen LogP contribution in [0.1, 0.15) is 18.4 Å². The van der Waals surface area contributed by atoms with Crippen molar-refractivity contribution in [1.29, 1.82) is 0 Å². The highest BCUT2D eigenvalue weighted by atomic mass is 79.9. The van der Waals surface area contributed by atoms with E-state index in [1.807, 2.05) is 0 Å². The van der Waals surface area contributed by atoms with Crippen molar-refractivity contribution in [2.45, 2.75) is 19.0 Å². The van der Waals surface area contributed by atoms with Gasteiger partial charge < -0.3 is 15.7 Å². The number of rotatable bonds is 5. The Morgan fingerprint density at radius 1 is 1.42 bits per heavy atom. The van der Waals surface area contributed by atoms with E-state index >= 15 is 0 Å². The lowest BCUT2D eigenvalue weighted by molar-refractivity contribution is -0.136. The largest absolute Gasteiger partial charge is 0.493 e. The highest BCUT2D eigenvalue weighted by Crippen LogP contribution is 2.25. The van der Waals surface area contributed by atoms with Crippen LogP contribution in [0.25, 0.3) is 0 Å². The Kier molecular flexibility index (Phi) is 5.46. The minimum atomic E-state index is -4.20. The van der Waals surface area contributed by atoms with E-state index in [4.69, 9.17) is 15.7 Å². The monoisotopic (exact) mass is 340 g/mol. The first-order valence-corrected chi connectivity index (χ1v) is 6.10. The third-order valence-corrected chi connectivity index (χ3v) is 2.68. The lowest BCUT2D eigenvalue weighted by Gasteiger charge is -2.12. The normalized spacial score (nSPS) is 12.5. The standard InChI is InChI=1S/C11H12BrF3N2O2/c12-7-2-3-8(10(16)17-18)9(6-7)19-5-1-4-11(13,14)15/h2-3,6,18H,1,4-5H2,(H2,16,17). The molecule has 0 heterocycles. The molecular formula is C11H12BrF3N2O2. The Bertz CT molecular complexity index is 464. The maximum Gasteiger partial charge on any atom is 0.389 e. The van der Waals surface area contributed by atoms with Crippen LogP contribution >= 0.6 is 15.9 Å². The van der Waals surface area contributed by atoms with Gasteiger partial charge in [0.1, 0.15) is 5.75 Å². The summed E-state index contributed by atoms with van der Waals surface area (Å²) in [6.07, 6.45) is -5.28. The van der Waals surface area contributed by atoms with Gasteiger partial charge in [0.05, 0.1) is 12.2 Å². The molecule has 1 aromatic rings. The van der Waals surface area contributed by atoms with E-state index in [0.717, 1.165) is 0 Å². The third-order valence-electron chi connectivity index (χ3n) is 2.19. The fraction of sp³-hybridized carbons (Fsp3) is 0.364. The van der Waals surface area contributed by atoms with E-state index in [-0.39, 0.29) is 24.6 Å². The van der Waals surface area contributed by atoms with Gasteiger partial charge in [-0.2, -0.15) is 13.2 Å². The van der Waals surface area contributed by atoms with Gasteiger partial charge >= 0.3 is 6.18 Å². The van der Waals surface area contributed by atoms with Gasteiger partial charge in [-0.3, -0.25) is 0 Å². The quantitative estimate of drug-likeness (QED) is 0.284.